The number of thioether (sulfide) groups is 1. The van der Waals surface area contributed by atoms with Crippen molar-refractivity contribution < 1.29 is 19.1 Å². The average molecular weight is 637 g/mol. The van der Waals surface area contributed by atoms with Crippen molar-refractivity contribution in [3.05, 3.63) is 103 Å². The lowest BCUT2D eigenvalue weighted by atomic mass is 9.83. The number of hydrogen-bond donors (Lipinski definition) is 1. The van der Waals surface area contributed by atoms with Crippen LogP contribution in [0.3, 0.4) is 0 Å². The van der Waals surface area contributed by atoms with Crippen molar-refractivity contribution in [3.63, 3.8) is 0 Å². The number of nitrogens with one attached hydrogen (secondary N) is 1. The van der Waals surface area contributed by atoms with Gasteiger partial charge in [-0.15, -0.1) is 0 Å². The Kier molecular flexibility index (Phi) is 7.11. The van der Waals surface area contributed by atoms with Crippen LogP contribution in [-0.4, -0.2) is 34.6 Å². The Hall–Kier alpha value is -3.67. The summed E-state index contributed by atoms with van der Waals surface area (Å²) in [6, 6.07) is 23.3. The van der Waals surface area contributed by atoms with Gasteiger partial charge >= 0.3 is 4.87 Å². The molecule has 6 rings (SSSR count). The Balaban J connectivity index is 1.42. The topological polar surface area (TPSA) is 97.7 Å². The van der Waals surface area contributed by atoms with E-state index in [2.05, 4.69) is 21.2 Å². The predicted molar refractivity (Wildman–Crippen MR) is 158 cm³/mol. The SMILES string of the molecule is COc1ccc([C@@H]2c3sc(=O)n(CC(=O)Nc4ccccc4)c3S[C@H]3C(=O)N(c4ccc(Br)cc4)C(=O)[C@@H]23)cc1. The Labute approximate surface area is 246 Å². The van der Waals surface area contributed by atoms with Gasteiger partial charge < -0.3 is 10.1 Å². The summed E-state index contributed by atoms with van der Waals surface area (Å²) >= 11 is 5.61. The maximum atomic E-state index is 13.9. The van der Waals surface area contributed by atoms with Crippen molar-refractivity contribution in [1.82, 2.24) is 4.57 Å². The number of ether oxygens (including phenoxy) is 1. The first kappa shape index (κ1) is 26.5. The normalized spacial score (nSPS) is 19.8. The number of nitrogens with zero attached hydrogens (tertiary/aromatic N) is 2. The summed E-state index contributed by atoms with van der Waals surface area (Å²) in [6.07, 6.45) is 0. The molecule has 3 aromatic carbocycles. The van der Waals surface area contributed by atoms with Crippen molar-refractivity contribution in [1.29, 1.82) is 0 Å². The van der Waals surface area contributed by atoms with E-state index in [4.69, 9.17) is 4.74 Å². The molecule has 1 aromatic heterocycles. The summed E-state index contributed by atoms with van der Waals surface area (Å²) in [5, 5.41) is 2.60. The van der Waals surface area contributed by atoms with Crippen LogP contribution in [-0.2, 0) is 20.9 Å². The third-order valence-electron chi connectivity index (χ3n) is 6.97. The van der Waals surface area contributed by atoms with Gasteiger partial charge in [-0.25, -0.2) is 4.90 Å². The lowest BCUT2D eigenvalue weighted by Gasteiger charge is -2.30. The number of carbonyl (C=O) groups is 3. The lowest BCUT2D eigenvalue weighted by molar-refractivity contribution is -0.122. The summed E-state index contributed by atoms with van der Waals surface area (Å²) in [6.45, 7) is -0.210. The molecule has 0 radical (unpaired) electrons. The standard InChI is InChI=1S/C29H22BrN3O5S2/c1-38-20-13-7-16(8-14-20)22-23-24(27(36)33(26(23)35)19-11-9-17(30)10-12-19)39-28-25(22)40-29(37)32(28)15-21(34)31-18-5-3-2-4-6-18/h2-14,22-24H,15H2,1H3,(H,31,34)/t22-,23-,24+/m0/s1. The largest absolute Gasteiger partial charge is 0.497 e. The molecule has 1 fully saturated rings. The first-order valence-electron chi connectivity index (χ1n) is 12.4. The molecule has 2 aliphatic rings. The lowest BCUT2D eigenvalue weighted by Crippen LogP contribution is -2.33. The number of carbonyl (C=O) groups excluding carboxylic acids is 3. The van der Waals surface area contributed by atoms with Crippen LogP contribution in [0.25, 0.3) is 0 Å². The second kappa shape index (κ2) is 10.7. The maximum absolute atomic E-state index is 13.9. The molecule has 1 N–H and O–H groups in total. The van der Waals surface area contributed by atoms with E-state index in [0.29, 0.717) is 27.0 Å². The molecule has 0 spiro atoms. The monoisotopic (exact) mass is 635 g/mol. The smallest absolute Gasteiger partial charge is 0.308 e. The number of benzene rings is 3. The zero-order valence-electron chi connectivity index (χ0n) is 21.1. The molecule has 202 valence electrons. The number of methoxy groups -OCH3 is 1. The minimum absolute atomic E-state index is 0.210. The quantitative estimate of drug-likeness (QED) is 0.296. The van der Waals surface area contributed by atoms with Crippen LogP contribution >= 0.6 is 39.0 Å². The first-order valence-corrected chi connectivity index (χ1v) is 14.9. The van der Waals surface area contributed by atoms with Gasteiger partial charge in [-0.05, 0) is 54.1 Å². The van der Waals surface area contributed by atoms with Gasteiger partial charge in [0, 0.05) is 21.0 Å². The Morgan fingerprint density at radius 1 is 0.950 bits per heavy atom. The number of thiazole rings is 1. The summed E-state index contributed by atoms with van der Waals surface area (Å²) in [5.74, 6) is -1.62. The molecule has 11 heteroatoms. The van der Waals surface area contributed by atoms with Gasteiger partial charge in [0.05, 0.1) is 23.7 Å². The fraction of sp³-hybridized carbons (Fsp3) is 0.172. The molecule has 4 aromatic rings. The van der Waals surface area contributed by atoms with Gasteiger partial charge in [0.15, 0.2) is 0 Å². The summed E-state index contributed by atoms with van der Waals surface area (Å²) < 4.78 is 7.56. The number of anilines is 2. The second-order valence-corrected chi connectivity index (χ2v) is 12.4. The third-order valence-corrected chi connectivity index (χ3v) is 10.1. The van der Waals surface area contributed by atoms with E-state index in [1.807, 2.05) is 30.3 Å². The number of fused-ring (bicyclic) bond motifs is 2. The Morgan fingerprint density at radius 2 is 1.65 bits per heavy atom. The number of halogens is 1. The molecule has 0 bridgehead atoms. The molecule has 3 atom stereocenters. The van der Waals surface area contributed by atoms with Crippen LogP contribution in [0.5, 0.6) is 5.75 Å². The van der Waals surface area contributed by atoms with E-state index >= 15 is 0 Å². The van der Waals surface area contributed by atoms with E-state index in [9.17, 15) is 19.2 Å². The van der Waals surface area contributed by atoms with Gasteiger partial charge in [-0.1, -0.05) is 69.4 Å². The van der Waals surface area contributed by atoms with Gasteiger partial charge in [0.25, 0.3) is 0 Å². The Morgan fingerprint density at radius 3 is 2.33 bits per heavy atom. The Bertz CT molecular complexity index is 1670. The van der Waals surface area contributed by atoms with Crippen LogP contribution in [0.1, 0.15) is 16.4 Å². The second-order valence-electron chi connectivity index (χ2n) is 9.34. The highest BCUT2D eigenvalue weighted by Gasteiger charge is 2.56. The highest BCUT2D eigenvalue weighted by molar-refractivity contribution is 9.10. The molecule has 40 heavy (non-hydrogen) atoms. The molecule has 8 nitrogen and oxygen atoms in total. The van der Waals surface area contributed by atoms with Gasteiger partial charge in [0.2, 0.25) is 17.7 Å². The molecule has 1 saturated heterocycles. The van der Waals surface area contributed by atoms with E-state index in [0.717, 1.165) is 21.4 Å². The number of imide groups is 1. The maximum Gasteiger partial charge on any atom is 0.308 e. The van der Waals surface area contributed by atoms with Gasteiger partial charge in [-0.3, -0.25) is 23.7 Å². The number of hydrogen-bond acceptors (Lipinski definition) is 7. The highest BCUT2D eigenvalue weighted by atomic mass is 79.9. The van der Waals surface area contributed by atoms with Crippen molar-refractivity contribution in [2.45, 2.75) is 22.7 Å². The highest BCUT2D eigenvalue weighted by Crippen LogP contribution is 2.54. The fourth-order valence-corrected chi connectivity index (χ4v) is 8.17. The molecule has 2 aliphatic heterocycles. The third kappa shape index (κ3) is 4.67. The summed E-state index contributed by atoms with van der Waals surface area (Å²) in [4.78, 5) is 55.5. The number of amides is 3. The van der Waals surface area contributed by atoms with Crippen LogP contribution in [0.4, 0.5) is 11.4 Å². The average Bonchev–Trinajstić information content (AvgIpc) is 3.40. The predicted octanol–water partition coefficient (Wildman–Crippen LogP) is 5.12. The van der Waals surface area contributed by atoms with Crippen LogP contribution in [0, 0.1) is 5.92 Å². The molecule has 0 aliphatic carbocycles. The zero-order valence-corrected chi connectivity index (χ0v) is 24.3. The molecular weight excluding hydrogens is 614 g/mol. The van der Waals surface area contributed by atoms with Crippen LogP contribution < -0.4 is 19.8 Å². The number of aromatic nitrogens is 1. The molecule has 0 saturated carbocycles. The van der Waals surface area contributed by atoms with Crippen molar-refractivity contribution in [3.8, 4) is 5.75 Å². The zero-order chi connectivity index (χ0) is 28.0. The number of rotatable bonds is 6. The molecule has 0 unspecified atom stereocenters. The van der Waals surface area contributed by atoms with E-state index in [-0.39, 0.29) is 29.1 Å². The first-order chi connectivity index (χ1) is 19.4. The van der Waals surface area contributed by atoms with E-state index in [1.165, 1.54) is 21.2 Å². The minimum Gasteiger partial charge on any atom is -0.497 e. The van der Waals surface area contributed by atoms with Gasteiger partial charge in [0.1, 0.15) is 17.5 Å². The van der Waals surface area contributed by atoms with Crippen LogP contribution in [0.2, 0.25) is 0 Å². The summed E-state index contributed by atoms with van der Waals surface area (Å²) in [7, 11) is 1.57. The van der Waals surface area contributed by atoms with Crippen molar-refractivity contribution >= 4 is 68.1 Å². The molecule has 3 amide bonds. The number of para-hydroxylation sites is 1. The summed E-state index contributed by atoms with van der Waals surface area (Å²) in [5.41, 5.74) is 1.90. The van der Waals surface area contributed by atoms with Crippen molar-refractivity contribution in [2.75, 3.05) is 17.3 Å². The van der Waals surface area contributed by atoms with E-state index < -0.39 is 17.1 Å². The van der Waals surface area contributed by atoms with E-state index in [1.54, 1.807) is 55.6 Å². The fourth-order valence-electron chi connectivity index (χ4n) is 5.14. The molecule has 3 heterocycles. The van der Waals surface area contributed by atoms with Crippen molar-refractivity contribution in [2.24, 2.45) is 5.92 Å². The van der Waals surface area contributed by atoms with Gasteiger partial charge in [-0.2, -0.15) is 0 Å². The molecular formula is C29H22BrN3O5S2. The minimum atomic E-state index is -0.756. The van der Waals surface area contributed by atoms with Crippen LogP contribution in [0.15, 0.2) is 93.2 Å².